The van der Waals surface area contributed by atoms with Gasteiger partial charge in [-0.1, -0.05) is 44.2 Å². The highest BCUT2D eigenvalue weighted by molar-refractivity contribution is 7.22. The van der Waals surface area contributed by atoms with Crippen molar-refractivity contribution in [2.75, 3.05) is 17.6 Å². The van der Waals surface area contributed by atoms with Gasteiger partial charge in [0.15, 0.2) is 10.9 Å². The van der Waals surface area contributed by atoms with E-state index in [1.54, 1.807) is 12.1 Å². The quantitative estimate of drug-likeness (QED) is 0.321. The fourth-order valence-electron chi connectivity index (χ4n) is 3.67. The van der Waals surface area contributed by atoms with Gasteiger partial charge in [-0.05, 0) is 54.2 Å². The Morgan fingerprint density at radius 3 is 2.77 bits per heavy atom. The zero-order valence-electron chi connectivity index (χ0n) is 17.4. The second-order valence-electron chi connectivity index (χ2n) is 7.50. The number of nitrogens with zero attached hydrogens (tertiary/aromatic N) is 2. The Hall–Kier alpha value is -2.93. The van der Waals surface area contributed by atoms with Crippen molar-refractivity contribution >= 4 is 32.5 Å². The first kappa shape index (κ1) is 20.3. The number of anilines is 2. The number of benzene rings is 2. The number of rotatable bonds is 7. The predicted molar refractivity (Wildman–Crippen MR) is 124 cm³/mol. The number of halogens is 1. The van der Waals surface area contributed by atoms with E-state index in [0.717, 1.165) is 52.1 Å². The number of hydrogen-bond donors (Lipinski definition) is 3. The molecule has 156 valence electrons. The molecule has 30 heavy (non-hydrogen) atoms. The Kier molecular flexibility index (Phi) is 5.72. The maximum absolute atomic E-state index is 14.7. The zero-order valence-corrected chi connectivity index (χ0v) is 18.2. The Balaban J connectivity index is 1.98. The van der Waals surface area contributed by atoms with Crippen molar-refractivity contribution in [3.63, 3.8) is 0 Å². The molecule has 2 heterocycles. The third-order valence-electron chi connectivity index (χ3n) is 5.42. The normalized spacial score (nSPS) is 12.4. The number of hydrogen-bond acceptors (Lipinski definition) is 5. The topological polar surface area (TPSA) is 79.6 Å². The van der Waals surface area contributed by atoms with Crippen LogP contribution in [0.2, 0.25) is 0 Å². The lowest BCUT2D eigenvalue weighted by Gasteiger charge is -2.14. The zero-order chi connectivity index (χ0) is 21.3. The molecule has 0 saturated carbocycles. The smallest absolute Gasteiger partial charge is 0.181 e. The van der Waals surface area contributed by atoms with Crippen LogP contribution in [0.5, 0.6) is 0 Å². The van der Waals surface area contributed by atoms with Crippen molar-refractivity contribution in [1.29, 1.82) is 0 Å². The summed E-state index contributed by atoms with van der Waals surface area (Å²) in [6.45, 7) is 7.24. The van der Waals surface area contributed by atoms with Gasteiger partial charge in [-0.25, -0.2) is 9.37 Å². The van der Waals surface area contributed by atoms with Crippen LogP contribution in [0.25, 0.3) is 32.6 Å². The van der Waals surface area contributed by atoms with E-state index in [0.29, 0.717) is 22.3 Å². The third-order valence-corrected chi connectivity index (χ3v) is 6.26. The molecule has 4 N–H and O–H groups in total. The summed E-state index contributed by atoms with van der Waals surface area (Å²) < 4.78 is 15.7. The standard InChI is InChI=1S/C23H26FN5S/c1-4-10-26-22-19(21(28-29-22)15-8-6-7-9-17(15)24)14-11-16(13(3)5-2)20-18(12-14)30-23(25)27-20/h6-9,11-13H,4-5,10H2,1-3H3,(H2,25,27)(H2,26,28,29)/t13-/m1/s1. The van der Waals surface area contributed by atoms with E-state index in [4.69, 9.17) is 5.73 Å². The lowest BCUT2D eigenvalue weighted by molar-refractivity contribution is 0.630. The van der Waals surface area contributed by atoms with Gasteiger partial charge in [0.2, 0.25) is 0 Å². The van der Waals surface area contributed by atoms with E-state index >= 15 is 0 Å². The molecule has 0 aliphatic carbocycles. The minimum absolute atomic E-state index is 0.283. The average molecular weight is 424 g/mol. The van der Waals surface area contributed by atoms with Crippen molar-refractivity contribution in [3.05, 3.63) is 47.8 Å². The lowest BCUT2D eigenvalue weighted by atomic mass is 9.92. The van der Waals surface area contributed by atoms with Crippen molar-refractivity contribution in [2.24, 2.45) is 0 Å². The van der Waals surface area contributed by atoms with Crippen LogP contribution in [-0.2, 0) is 0 Å². The molecule has 0 bridgehead atoms. The molecule has 2 aromatic heterocycles. The van der Waals surface area contributed by atoms with Gasteiger partial charge >= 0.3 is 0 Å². The van der Waals surface area contributed by atoms with Crippen LogP contribution >= 0.6 is 11.3 Å². The molecule has 5 nitrogen and oxygen atoms in total. The summed E-state index contributed by atoms with van der Waals surface area (Å²) in [4.78, 5) is 4.57. The number of aromatic nitrogens is 3. The van der Waals surface area contributed by atoms with E-state index < -0.39 is 0 Å². The molecule has 0 spiro atoms. The first-order valence-electron chi connectivity index (χ1n) is 10.3. The Labute approximate surface area is 179 Å². The first-order chi connectivity index (χ1) is 14.5. The van der Waals surface area contributed by atoms with Crippen molar-refractivity contribution in [3.8, 4) is 22.4 Å². The number of thiazole rings is 1. The molecule has 0 aliphatic rings. The summed E-state index contributed by atoms with van der Waals surface area (Å²) in [6, 6.07) is 11.0. The van der Waals surface area contributed by atoms with Crippen LogP contribution in [-0.4, -0.2) is 21.7 Å². The number of aromatic amines is 1. The Bertz CT molecular complexity index is 1180. The second-order valence-corrected chi connectivity index (χ2v) is 8.56. The van der Waals surface area contributed by atoms with Crippen LogP contribution in [0.4, 0.5) is 15.3 Å². The number of nitrogen functional groups attached to an aromatic ring is 1. The molecule has 4 aromatic rings. The van der Waals surface area contributed by atoms with Crippen LogP contribution in [0.3, 0.4) is 0 Å². The predicted octanol–water partition coefficient (Wildman–Crippen LogP) is 6.41. The lowest BCUT2D eigenvalue weighted by Crippen LogP contribution is -2.02. The summed E-state index contributed by atoms with van der Waals surface area (Å²) in [5.74, 6) is 0.765. The largest absolute Gasteiger partial charge is 0.375 e. The van der Waals surface area contributed by atoms with Crippen molar-refractivity contribution in [2.45, 2.75) is 39.5 Å². The van der Waals surface area contributed by atoms with Crippen molar-refractivity contribution < 1.29 is 4.39 Å². The van der Waals surface area contributed by atoms with Gasteiger partial charge in [0, 0.05) is 12.1 Å². The van der Waals surface area contributed by atoms with E-state index in [-0.39, 0.29) is 5.82 Å². The molecular formula is C23H26FN5S. The Morgan fingerprint density at radius 1 is 1.23 bits per heavy atom. The van der Waals surface area contributed by atoms with Crippen molar-refractivity contribution in [1.82, 2.24) is 15.2 Å². The summed E-state index contributed by atoms with van der Waals surface area (Å²) in [6.07, 6.45) is 1.95. The van der Waals surface area contributed by atoms with Crippen LogP contribution < -0.4 is 11.1 Å². The van der Waals surface area contributed by atoms with Gasteiger partial charge in [-0.2, -0.15) is 5.10 Å². The molecule has 0 unspecified atom stereocenters. The number of fused-ring (bicyclic) bond motifs is 1. The third kappa shape index (κ3) is 3.65. The van der Waals surface area contributed by atoms with Gasteiger partial charge in [0.05, 0.1) is 21.5 Å². The van der Waals surface area contributed by atoms with Gasteiger partial charge in [0.1, 0.15) is 5.82 Å². The number of nitrogens with two attached hydrogens (primary N) is 1. The average Bonchev–Trinajstić information content (AvgIpc) is 3.33. The highest BCUT2D eigenvalue weighted by Gasteiger charge is 2.22. The summed E-state index contributed by atoms with van der Waals surface area (Å²) in [5, 5.41) is 11.5. The molecule has 0 amide bonds. The van der Waals surface area contributed by atoms with E-state index in [2.05, 4.69) is 53.4 Å². The maximum atomic E-state index is 14.7. The first-order valence-corrected chi connectivity index (χ1v) is 11.1. The molecule has 4 rings (SSSR count). The summed E-state index contributed by atoms with van der Waals surface area (Å²) >= 11 is 1.48. The van der Waals surface area contributed by atoms with Crippen LogP contribution in [0.1, 0.15) is 45.1 Å². The number of H-pyrrole nitrogens is 1. The van der Waals surface area contributed by atoms with E-state index in [9.17, 15) is 4.39 Å². The van der Waals surface area contributed by atoms with Gasteiger partial charge in [-0.15, -0.1) is 0 Å². The molecule has 1 atom stereocenters. The molecule has 0 saturated heterocycles. The summed E-state index contributed by atoms with van der Waals surface area (Å²) in [5.41, 5.74) is 11.1. The van der Waals surface area contributed by atoms with E-state index in [1.165, 1.54) is 17.4 Å². The van der Waals surface area contributed by atoms with Crippen LogP contribution in [0, 0.1) is 5.82 Å². The minimum Gasteiger partial charge on any atom is -0.375 e. The highest BCUT2D eigenvalue weighted by atomic mass is 32.1. The van der Waals surface area contributed by atoms with Gasteiger partial charge < -0.3 is 11.1 Å². The van der Waals surface area contributed by atoms with Crippen LogP contribution in [0.15, 0.2) is 36.4 Å². The Morgan fingerprint density at radius 2 is 2.03 bits per heavy atom. The number of nitrogens with one attached hydrogen (secondary N) is 2. The second kappa shape index (κ2) is 8.44. The fraction of sp³-hybridized carbons (Fsp3) is 0.304. The van der Waals surface area contributed by atoms with E-state index in [1.807, 2.05) is 6.07 Å². The highest BCUT2D eigenvalue weighted by Crippen LogP contribution is 2.42. The van der Waals surface area contributed by atoms with Gasteiger partial charge in [0.25, 0.3) is 0 Å². The molecule has 7 heteroatoms. The SMILES string of the molecule is CCCNc1n[nH]c(-c2ccccc2F)c1-c1cc([C@H](C)CC)c2nc(N)sc2c1. The molecule has 2 aromatic carbocycles. The fourth-order valence-corrected chi connectivity index (χ4v) is 4.47. The minimum atomic E-state index is -0.283. The van der Waals surface area contributed by atoms with Gasteiger partial charge in [-0.3, -0.25) is 5.10 Å². The molecule has 0 aliphatic heterocycles. The molecule has 0 radical (unpaired) electrons. The molecular weight excluding hydrogens is 397 g/mol. The maximum Gasteiger partial charge on any atom is 0.181 e. The summed E-state index contributed by atoms with van der Waals surface area (Å²) in [7, 11) is 0. The molecule has 0 fully saturated rings. The monoisotopic (exact) mass is 423 g/mol.